The minimum absolute atomic E-state index is 0.345. The van der Waals surface area contributed by atoms with E-state index >= 15 is 0 Å². The summed E-state index contributed by atoms with van der Waals surface area (Å²) in [6.07, 6.45) is 1.55. The molecular formula is C13H8N4O3S2. The van der Waals surface area contributed by atoms with E-state index in [0.29, 0.717) is 34.4 Å². The lowest BCUT2D eigenvalue weighted by molar-refractivity contribution is 0.446. The van der Waals surface area contributed by atoms with E-state index in [2.05, 4.69) is 20.4 Å². The van der Waals surface area contributed by atoms with E-state index in [-0.39, 0.29) is 0 Å². The van der Waals surface area contributed by atoms with Crippen molar-refractivity contribution in [2.75, 3.05) is 0 Å². The van der Waals surface area contributed by atoms with Gasteiger partial charge in [0.2, 0.25) is 5.89 Å². The summed E-state index contributed by atoms with van der Waals surface area (Å²) >= 11 is 2.88. The summed E-state index contributed by atoms with van der Waals surface area (Å²) in [5.41, 5.74) is 0. The molecule has 0 saturated heterocycles. The molecule has 0 amide bonds. The smallest absolute Gasteiger partial charge is 0.284 e. The van der Waals surface area contributed by atoms with Gasteiger partial charge in [0.15, 0.2) is 5.76 Å². The van der Waals surface area contributed by atoms with Crippen LogP contribution in [0.5, 0.6) is 0 Å². The number of aromatic nitrogens is 4. The molecule has 0 aliphatic heterocycles. The third-order valence-electron chi connectivity index (χ3n) is 2.66. The Morgan fingerprint density at radius 2 is 1.95 bits per heavy atom. The maximum Gasteiger partial charge on any atom is 0.284 e. The fourth-order valence-electron chi connectivity index (χ4n) is 1.70. The van der Waals surface area contributed by atoms with Crippen LogP contribution in [0, 0.1) is 0 Å². The number of thioether (sulfide) groups is 1. The summed E-state index contributed by atoms with van der Waals surface area (Å²) < 4.78 is 16.3. The predicted molar refractivity (Wildman–Crippen MR) is 79.2 cm³/mol. The summed E-state index contributed by atoms with van der Waals surface area (Å²) in [7, 11) is 0. The summed E-state index contributed by atoms with van der Waals surface area (Å²) in [4.78, 5) is 0.946. The fourth-order valence-corrected chi connectivity index (χ4v) is 2.95. The molecule has 0 aliphatic carbocycles. The second-order valence-electron chi connectivity index (χ2n) is 4.12. The lowest BCUT2D eigenvalue weighted by atomic mass is 10.5. The lowest BCUT2D eigenvalue weighted by Crippen LogP contribution is -1.80. The SMILES string of the molecule is c1coc(-c2nnc(SCc3nnc(-c4cccs4)o3)o2)c1. The summed E-state index contributed by atoms with van der Waals surface area (Å²) in [5.74, 6) is 2.37. The molecule has 0 fully saturated rings. The van der Waals surface area contributed by atoms with Gasteiger partial charge in [-0.2, -0.15) is 0 Å². The third-order valence-corrected chi connectivity index (χ3v) is 4.32. The standard InChI is InChI=1S/C13H8N4O3S2/c1-3-8(18-5-1)11-15-17-13(20-11)22-7-10-14-16-12(19-10)9-4-2-6-21-9/h1-6H,7H2. The first kappa shape index (κ1) is 13.3. The predicted octanol–water partition coefficient (Wildman–Crippen LogP) is 3.73. The second-order valence-corrected chi connectivity index (χ2v) is 5.99. The first-order valence-electron chi connectivity index (χ1n) is 6.25. The van der Waals surface area contributed by atoms with Gasteiger partial charge in [-0.05, 0) is 23.6 Å². The van der Waals surface area contributed by atoms with E-state index in [1.807, 2.05) is 17.5 Å². The van der Waals surface area contributed by atoms with E-state index in [1.165, 1.54) is 11.8 Å². The quantitative estimate of drug-likeness (QED) is 0.510. The van der Waals surface area contributed by atoms with Gasteiger partial charge in [-0.25, -0.2) is 0 Å². The Bertz CT molecular complexity index is 779. The van der Waals surface area contributed by atoms with Gasteiger partial charge in [0.25, 0.3) is 17.0 Å². The highest BCUT2D eigenvalue weighted by molar-refractivity contribution is 7.98. The van der Waals surface area contributed by atoms with Gasteiger partial charge >= 0.3 is 0 Å². The van der Waals surface area contributed by atoms with Crippen molar-refractivity contribution in [3.8, 4) is 22.4 Å². The van der Waals surface area contributed by atoms with Crippen molar-refractivity contribution < 1.29 is 13.3 Å². The number of rotatable bonds is 5. The van der Waals surface area contributed by atoms with Crippen molar-refractivity contribution >= 4 is 23.1 Å². The van der Waals surface area contributed by atoms with Crippen LogP contribution < -0.4 is 0 Å². The highest BCUT2D eigenvalue weighted by Crippen LogP contribution is 2.27. The zero-order chi connectivity index (χ0) is 14.8. The molecule has 0 spiro atoms. The minimum Gasteiger partial charge on any atom is -0.459 e. The van der Waals surface area contributed by atoms with Crippen LogP contribution in [0.1, 0.15) is 5.89 Å². The van der Waals surface area contributed by atoms with Gasteiger partial charge in [0, 0.05) is 0 Å². The van der Waals surface area contributed by atoms with Crippen LogP contribution in [-0.2, 0) is 5.75 Å². The first-order valence-corrected chi connectivity index (χ1v) is 8.11. The molecule has 0 radical (unpaired) electrons. The fraction of sp³-hybridized carbons (Fsp3) is 0.0769. The van der Waals surface area contributed by atoms with E-state index in [1.54, 1.807) is 29.7 Å². The van der Waals surface area contributed by atoms with Crippen molar-refractivity contribution in [1.82, 2.24) is 20.4 Å². The highest BCUT2D eigenvalue weighted by atomic mass is 32.2. The Balaban J connectivity index is 1.43. The maximum absolute atomic E-state index is 5.59. The van der Waals surface area contributed by atoms with Crippen molar-refractivity contribution in [2.45, 2.75) is 11.0 Å². The Kier molecular flexibility index (Phi) is 3.49. The number of nitrogens with zero attached hydrogens (tertiary/aromatic N) is 4. The van der Waals surface area contributed by atoms with Crippen molar-refractivity contribution in [2.24, 2.45) is 0 Å². The van der Waals surface area contributed by atoms with Crippen LogP contribution >= 0.6 is 23.1 Å². The van der Waals surface area contributed by atoms with Crippen molar-refractivity contribution in [3.05, 3.63) is 41.8 Å². The molecule has 7 nitrogen and oxygen atoms in total. The molecule has 0 saturated carbocycles. The van der Waals surface area contributed by atoms with Crippen molar-refractivity contribution in [3.63, 3.8) is 0 Å². The van der Waals surface area contributed by atoms with Gasteiger partial charge in [-0.15, -0.1) is 31.7 Å². The molecule has 22 heavy (non-hydrogen) atoms. The van der Waals surface area contributed by atoms with Gasteiger partial charge in [0.1, 0.15) is 0 Å². The molecule has 4 aromatic heterocycles. The van der Waals surface area contributed by atoms with E-state index in [4.69, 9.17) is 13.3 Å². The monoisotopic (exact) mass is 332 g/mol. The second kappa shape index (κ2) is 5.78. The maximum atomic E-state index is 5.59. The van der Waals surface area contributed by atoms with Crippen LogP contribution in [-0.4, -0.2) is 20.4 Å². The van der Waals surface area contributed by atoms with Crippen LogP contribution in [0.3, 0.4) is 0 Å². The average Bonchev–Trinajstić information content (AvgIpc) is 3.33. The third kappa shape index (κ3) is 2.68. The molecule has 4 heterocycles. The zero-order valence-electron chi connectivity index (χ0n) is 11.0. The van der Waals surface area contributed by atoms with Gasteiger partial charge in [-0.1, -0.05) is 17.8 Å². The zero-order valence-corrected chi connectivity index (χ0v) is 12.6. The molecule has 4 rings (SSSR count). The number of thiophene rings is 1. The van der Waals surface area contributed by atoms with Crippen LogP contribution in [0.4, 0.5) is 0 Å². The normalized spacial score (nSPS) is 11.1. The van der Waals surface area contributed by atoms with Crippen LogP contribution in [0.2, 0.25) is 0 Å². The Morgan fingerprint density at radius 3 is 2.77 bits per heavy atom. The largest absolute Gasteiger partial charge is 0.459 e. The molecule has 0 atom stereocenters. The first-order chi connectivity index (χ1) is 10.9. The molecule has 0 aromatic carbocycles. The summed E-state index contributed by atoms with van der Waals surface area (Å²) in [5, 5.41) is 18.3. The Morgan fingerprint density at radius 1 is 1.00 bits per heavy atom. The molecular weight excluding hydrogens is 324 g/mol. The van der Waals surface area contributed by atoms with Gasteiger partial charge < -0.3 is 13.3 Å². The van der Waals surface area contributed by atoms with E-state index < -0.39 is 0 Å². The van der Waals surface area contributed by atoms with Crippen LogP contribution in [0.15, 0.2) is 54.4 Å². The highest BCUT2D eigenvalue weighted by Gasteiger charge is 2.14. The number of furan rings is 1. The Hall–Kier alpha value is -2.39. The molecule has 0 N–H and O–H groups in total. The Labute approximate surface area is 132 Å². The molecule has 0 unspecified atom stereocenters. The minimum atomic E-state index is 0.345. The molecule has 110 valence electrons. The topological polar surface area (TPSA) is 91.0 Å². The van der Waals surface area contributed by atoms with Crippen molar-refractivity contribution in [1.29, 1.82) is 0 Å². The molecule has 9 heteroatoms. The molecule has 0 aliphatic rings. The summed E-state index contributed by atoms with van der Waals surface area (Å²) in [6, 6.07) is 7.39. The van der Waals surface area contributed by atoms with E-state index in [9.17, 15) is 0 Å². The molecule has 0 bridgehead atoms. The van der Waals surface area contributed by atoms with Gasteiger partial charge in [-0.3, -0.25) is 0 Å². The van der Waals surface area contributed by atoms with Gasteiger partial charge in [0.05, 0.1) is 16.9 Å². The average molecular weight is 332 g/mol. The molecule has 4 aromatic rings. The number of hydrogen-bond donors (Lipinski definition) is 0. The number of hydrogen-bond acceptors (Lipinski definition) is 9. The van der Waals surface area contributed by atoms with Crippen LogP contribution in [0.25, 0.3) is 22.4 Å². The van der Waals surface area contributed by atoms with E-state index in [0.717, 1.165) is 4.88 Å². The lowest BCUT2D eigenvalue weighted by Gasteiger charge is -1.90. The summed E-state index contributed by atoms with van der Waals surface area (Å²) in [6.45, 7) is 0.